The van der Waals surface area contributed by atoms with Crippen molar-refractivity contribution >= 4 is 12.0 Å². The van der Waals surface area contributed by atoms with Crippen LogP contribution >= 0.6 is 0 Å². The molecule has 1 aliphatic heterocycles. The van der Waals surface area contributed by atoms with Crippen LogP contribution in [0.4, 0.5) is 10.1 Å². The molecule has 16 heavy (non-hydrogen) atoms. The minimum atomic E-state index is -0.287. The van der Waals surface area contributed by atoms with Crippen molar-refractivity contribution in [3.63, 3.8) is 0 Å². The van der Waals surface area contributed by atoms with E-state index in [4.69, 9.17) is 0 Å². The maximum absolute atomic E-state index is 13.8. The van der Waals surface area contributed by atoms with Crippen LogP contribution in [-0.2, 0) is 0 Å². The van der Waals surface area contributed by atoms with Crippen molar-refractivity contribution in [3.8, 4) is 0 Å². The number of hydrogen-bond acceptors (Lipinski definition) is 2. The highest BCUT2D eigenvalue weighted by Gasteiger charge is 2.26. The van der Waals surface area contributed by atoms with Gasteiger partial charge in [-0.1, -0.05) is 13.0 Å². The molecule has 1 heterocycles. The van der Waals surface area contributed by atoms with Crippen molar-refractivity contribution in [2.24, 2.45) is 0 Å². The number of halogens is 1. The second-order valence-electron chi connectivity index (χ2n) is 4.19. The van der Waals surface area contributed by atoms with Gasteiger partial charge in [-0.25, -0.2) is 4.39 Å². The van der Waals surface area contributed by atoms with Crippen molar-refractivity contribution in [2.45, 2.75) is 32.2 Å². The fourth-order valence-corrected chi connectivity index (χ4v) is 2.48. The third kappa shape index (κ3) is 1.82. The van der Waals surface area contributed by atoms with Crippen molar-refractivity contribution in [2.75, 3.05) is 11.4 Å². The molecular formula is C13H16FNO. The summed E-state index contributed by atoms with van der Waals surface area (Å²) in [7, 11) is 0. The Balaban J connectivity index is 2.42. The molecular weight excluding hydrogens is 205 g/mol. The summed E-state index contributed by atoms with van der Waals surface area (Å²) in [5.74, 6) is -0.287. The monoisotopic (exact) mass is 221 g/mol. The summed E-state index contributed by atoms with van der Waals surface area (Å²) in [4.78, 5) is 13.0. The SMILES string of the molecule is CCC1CCCN1c1c(F)cccc1C=O. The first-order valence-corrected chi connectivity index (χ1v) is 5.78. The lowest BCUT2D eigenvalue weighted by molar-refractivity contribution is 0.112. The normalized spacial score (nSPS) is 20.1. The van der Waals surface area contributed by atoms with Crippen molar-refractivity contribution < 1.29 is 9.18 Å². The van der Waals surface area contributed by atoms with Crippen LogP contribution in [0.5, 0.6) is 0 Å². The molecule has 1 aromatic rings. The van der Waals surface area contributed by atoms with E-state index in [1.54, 1.807) is 12.1 Å². The smallest absolute Gasteiger partial charge is 0.152 e. The summed E-state index contributed by atoms with van der Waals surface area (Å²) in [6, 6.07) is 5.05. The lowest BCUT2D eigenvalue weighted by Crippen LogP contribution is -2.30. The number of benzene rings is 1. The van der Waals surface area contributed by atoms with Gasteiger partial charge in [-0.3, -0.25) is 4.79 Å². The van der Waals surface area contributed by atoms with Gasteiger partial charge in [-0.05, 0) is 31.4 Å². The van der Waals surface area contributed by atoms with E-state index in [0.717, 1.165) is 32.1 Å². The van der Waals surface area contributed by atoms with E-state index in [1.165, 1.54) is 6.07 Å². The van der Waals surface area contributed by atoms with Gasteiger partial charge in [0.25, 0.3) is 0 Å². The van der Waals surface area contributed by atoms with Gasteiger partial charge in [0.15, 0.2) is 6.29 Å². The van der Waals surface area contributed by atoms with E-state index < -0.39 is 0 Å². The van der Waals surface area contributed by atoms with Crippen molar-refractivity contribution in [1.29, 1.82) is 0 Å². The molecule has 0 bridgehead atoms. The Labute approximate surface area is 95.1 Å². The molecule has 0 radical (unpaired) electrons. The summed E-state index contributed by atoms with van der Waals surface area (Å²) < 4.78 is 13.8. The van der Waals surface area contributed by atoms with Crippen LogP contribution in [0.3, 0.4) is 0 Å². The van der Waals surface area contributed by atoms with Crippen LogP contribution in [-0.4, -0.2) is 18.9 Å². The first-order chi connectivity index (χ1) is 7.77. The number of carbonyl (C=O) groups excluding carboxylic acids is 1. The largest absolute Gasteiger partial charge is 0.366 e. The van der Waals surface area contributed by atoms with Gasteiger partial charge in [0.1, 0.15) is 5.82 Å². The molecule has 2 nitrogen and oxygen atoms in total. The number of aldehydes is 1. The van der Waals surface area contributed by atoms with Gasteiger partial charge in [0, 0.05) is 18.2 Å². The number of nitrogens with zero attached hydrogens (tertiary/aromatic N) is 1. The predicted molar refractivity (Wildman–Crippen MR) is 62.4 cm³/mol. The van der Waals surface area contributed by atoms with E-state index in [1.807, 2.05) is 4.90 Å². The molecule has 0 saturated carbocycles. The molecule has 1 aliphatic rings. The Morgan fingerprint density at radius 2 is 2.38 bits per heavy atom. The molecule has 0 spiro atoms. The van der Waals surface area contributed by atoms with Crippen molar-refractivity contribution in [1.82, 2.24) is 0 Å². The molecule has 0 aromatic heterocycles. The zero-order valence-corrected chi connectivity index (χ0v) is 9.45. The highest BCUT2D eigenvalue weighted by molar-refractivity contribution is 5.85. The highest BCUT2D eigenvalue weighted by atomic mass is 19.1. The minimum Gasteiger partial charge on any atom is -0.366 e. The number of anilines is 1. The third-order valence-corrected chi connectivity index (χ3v) is 3.28. The third-order valence-electron chi connectivity index (χ3n) is 3.28. The van der Waals surface area contributed by atoms with E-state index in [2.05, 4.69) is 6.92 Å². The second-order valence-corrected chi connectivity index (χ2v) is 4.19. The van der Waals surface area contributed by atoms with E-state index in [-0.39, 0.29) is 5.82 Å². The lowest BCUT2D eigenvalue weighted by atomic mass is 10.1. The minimum absolute atomic E-state index is 0.287. The lowest BCUT2D eigenvalue weighted by Gasteiger charge is -2.27. The van der Waals surface area contributed by atoms with Crippen LogP contribution in [0.1, 0.15) is 36.5 Å². The Bertz CT molecular complexity index is 392. The van der Waals surface area contributed by atoms with E-state index in [9.17, 15) is 9.18 Å². The topological polar surface area (TPSA) is 20.3 Å². The number of carbonyl (C=O) groups is 1. The average molecular weight is 221 g/mol. The van der Waals surface area contributed by atoms with Gasteiger partial charge >= 0.3 is 0 Å². The molecule has 1 aromatic carbocycles. The summed E-state index contributed by atoms with van der Waals surface area (Å²) in [5.41, 5.74) is 0.946. The summed E-state index contributed by atoms with van der Waals surface area (Å²) >= 11 is 0. The van der Waals surface area contributed by atoms with Crippen LogP contribution in [0, 0.1) is 5.82 Å². The molecule has 3 heteroatoms. The summed E-state index contributed by atoms with van der Waals surface area (Å²) in [6.07, 6.45) is 3.89. The zero-order chi connectivity index (χ0) is 11.5. The molecule has 1 atom stereocenters. The highest BCUT2D eigenvalue weighted by Crippen LogP contribution is 2.31. The van der Waals surface area contributed by atoms with Crippen LogP contribution in [0.2, 0.25) is 0 Å². The van der Waals surface area contributed by atoms with Crippen LogP contribution < -0.4 is 4.90 Å². The maximum Gasteiger partial charge on any atom is 0.152 e. The molecule has 1 saturated heterocycles. The number of hydrogen-bond donors (Lipinski definition) is 0. The van der Waals surface area contributed by atoms with E-state index >= 15 is 0 Å². The van der Waals surface area contributed by atoms with Crippen LogP contribution in [0.25, 0.3) is 0 Å². The van der Waals surface area contributed by atoms with Gasteiger partial charge < -0.3 is 4.90 Å². The molecule has 0 amide bonds. The Morgan fingerprint density at radius 3 is 3.06 bits per heavy atom. The molecule has 86 valence electrons. The first kappa shape index (κ1) is 11.1. The first-order valence-electron chi connectivity index (χ1n) is 5.78. The summed E-state index contributed by atoms with van der Waals surface area (Å²) in [6.45, 7) is 2.95. The molecule has 1 fully saturated rings. The fourth-order valence-electron chi connectivity index (χ4n) is 2.48. The average Bonchev–Trinajstić information content (AvgIpc) is 2.76. The Hall–Kier alpha value is -1.38. The molecule has 1 unspecified atom stereocenters. The van der Waals surface area contributed by atoms with Gasteiger partial charge in [0.05, 0.1) is 5.69 Å². The van der Waals surface area contributed by atoms with Crippen molar-refractivity contribution in [3.05, 3.63) is 29.6 Å². The standard InChI is InChI=1S/C13H16FNO/c1-2-11-6-4-8-15(11)13-10(9-16)5-3-7-12(13)14/h3,5,7,9,11H,2,4,6,8H2,1H3. The predicted octanol–water partition coefficient (Wildman–Crippen LogP) is 3.02. The Morgan fingerprint density at radius 1 is 1.56 bits per heavy atom. The second kappa shape index (κ2) is 4.64. The van der Waals surface area contributed by atoms with Gasteiger partial charge in [-0.2, -0.15) is 0 Å². The van der Waals surface area contributed by atoms with E-state index in [0.29, 0.717) is 17.3 Å². The van der Waals surface area contributed by atoms with Crippen LogP contribution in [0.15, 0.2) is 18.2 Å². The Kier molecular flexibility index (Phi) is 3.22. The molecule has 0 aliphatic carbocycles. The number of para-hydroxylation sites is 1. The maximum atomic E-state index is 13.8. The summed E-state index contributed by atoms with van der Waals surface area (Å²) in [5, 5.41) is 0. The zero-order valence-electron chi connectivity index (χ0n) is 9.45. The molecule has 2 rings (SSSR count). The number of rotatable bonds is 3. The fraction of sp³-hybridized carbons (Fsp3) is 0.462. The van der Waals surface area contributed by atoms with Gasteiger partial charge in [-0.15, -0.1) is 0 Å². The van der Waals surface area contributed by atoms with Gasteiger partial charge in [0.2, 0.25) is 0 Å². The molecule has 0 N–H and O–H groups in total. The quantitative estimate of drug-likeness (QED) is 0.731.